The molecule has 0 bridgehead atoms. The molecule has 2 atom stereocenters. The Morgan fingerprint density at radius 3 is 2.53 bits per heavy atom. The molecule has 0 aromatic heterocycles. The number of carbonyl (C=O) groups excluding carboxylic acids is 1. The van der Waals surface area contributed by atoms with Gasteiger partial charge in [0.05, 0.1) is 19.2 Å². The average Bonchev–Trinajstić information content (AvgIpc) is 2.37. The smallest absolute Gasteiger partial charge is 0.237 e. The number of benzene rings is 1. The minimum absolute atomic E-state index is 0.0223. The summed E-state index contributed by atoms with van der Waals surface area (Å²) in [6.45, 7) is 3.77. The number of amides is 1. The number of rotatable bonds is 5. The van der Waals surface area contributed by atoms with Crippen LogP contribution in [0.5, 0.6) is 5.75 Å². The molecule has 17 heavy (non-hydrogen) atoms. The van der Waals surface area contributed by atoms with E-state index in [0.29, 0.717) is 0 Å². The van der Waals surface area contributed by atoms with Crippen molar-refractivity contribution < 1.29 is 9.53 Å². The number of methoxy groups -OCH3 is 1. The number of ether oxygens (including phenoxy) is 1. The quantitative estimate of drug-likeness (QED) is 0.814. The van der Waals surface area contributed by atoms with E-state index >= 15 is 0 Å². The van der Waals surface area contributed by atoms with E-state index in [1.807, 2.05) is 38.1 Å². The van der Waals surface area contributed by atoms with Crippen molar-refractivity contribution in [3.8, 4) is 5.75 Å². The number of hydrogen-bond acceptors (Lipinski definition) is 3. The van der Waals surface area contributed by atoms with Crippen LogP contribution in [-0.4, -0.2) is 26.1 Å². The van der Waals surface area contributed by atoms with E-state index in [1.165, 1.54) is 0 Å². The fourth-order valence-corrected chi connectivity index (χ4v) is 1.57. The first-order valence-electron chi connectivity index (χ1n) is 5.70. The monoisotopic (exact) mass is 236 g/mol. The van der Waals surface area contributed by atoms with Crippen LogP contribution in [0.25, 0.3) is 0 Å². The van der Waals surface area contributed by atoms with Gasteiger partial charge in [-0.3, -0.25) is 4.79 Å². The summed E-state index contributed by atoms with van der Waals surface area (Å²) >= 11 is 0. The Hall–Kier alpha value is -1.55. The third-order valence-corrected chi connectivity index (χ3v) is 2.79. The molecule has 4 nitrogen and oxygen atoms in total. The summed E-state index contributed by atoms with van der Waals surface area (Å²) in [4.78, 5) is 11.7. The van der Waals surface area contributed by atoms with Crippen molar-refractivity contribution in [3.63, 3.8) is 0 Å². The lowest BCUT2D eigenvalue weighted by Gasteiger charge is -2.19. The van der Waals surface area contributed by atoms with E-state index in [2.05, 4.69) is 10.6 Å². The lowest BCUT2D eigenvalue weighted by Crippen LogP contribution is -2.41. The van der Waals surface area contributed by atoms with Crippen LogP contribution in [0.15, 0.2) is 24.3 Å². The molecule has 1 aromatic rings. The summed E-state index contributed by atoms with van der Waals surface area (Å²) in [6.07, 6.45) is 0. The van der Waals surface area contributed by atoms with Crippen molar-refractivity contribution in [2.75, 3.05) is 14.2 Å². The standard InChI is InChI=1S/C13H20N2O2/c1-9(15-13(16)10(2)14-3)11-7-5-6-8-12(11)17-4/h5-10,14H,1-4H3,(H,15,16). The second-order valence-corrected chi connectivity index (χ2v) is 3.98. The molecular weight excluding hydrogens is 216 g/mol. The van der Waals surface area contributed by atoms with Gasteiger partial charge in [0.15, 0.2) is 0 Å². The van der Waals surface area contributed by atoms with Crippen molar-refractivity contribution in [1.82, 2.24) is 10.6 Å². The first kappa shape index (κ1) is 13.5. The van der Waals surface area contributed by atoms with E-state index in [0.717, 1.165) is 11.3 Å². The van der Waals surface area contributed by atoms with Gasteiger partial charge in [-0.1, -0.05) is 18.2 Å². The first-order chi connectivity index (χ1) is 8.10. The Labute approximate surface area is 102 Å². The molecule has 2 unspecified atom stereocenters. The SMILES string of the molecule is CNC(C)C(=O)NC(C)c1ccccc1OC. The molecular formula is C13H20N2O2. The molecule has 0 heterocycles. The van der Waals surface area contributed by atoms with Gasteiger partial charge in [-0.05, 0) is 27.0 Å². The molecule has 0 fully saturated rings. The maximum absolute atomic E-state index is 11.7. The van der Waals surface area contributed by atoms with E-state index in [-0.39, 0.29) is 18.0 Å². The average molecular weight is 236 g/mol. The van der Waals surface area contributed by atoms with Crippen molar-refractivity contribution >= 4 is 5.91 Å². The molecule has 1 amide bonds. The number of carbonyl (C=O) groups is 1. The minimum Gasteiger partial charge on any atom is -0.496 e. The van der Waals surface area contributed by atoms with Crippen LogP contribution in [0.3, 0.4) is 0 Å². The molecule has 1 rings (SSSR count). The molecule has 0 saturated heterocycles. The summed E-state index contributed by atoms with van der Waals surface area (Å²) in [7, 11) is 3.39. The van der Waals surface area contributed by atoms with Gasteiger partial charge in [0, 0.05) is 5.56 Å². The van der Waals surface area contributed by atoms with Crippen LogP contribution in [0.1, 0.15) is 25.5 Å². The van der Waals surface area contributed by atoms with Crippen LogP contribution in [0.2, 0.25) is 0 Å². The maximum Gasteiger partial charge on any atom is 0.237 e. The zero-order valence-electron chi connectivity index (χ0n) is 10.8. The molecule has 0 aliphatic carbocycles. The van der Waals surface area contributed by atoms with Gasteiger partial charge >= 0.3 is 0 Å². The predicted molar refractivity (Wildman–Crippen MR) is 68.1 cm³/mol. The lowest BCUT2D eigenvalue weighted by molar-refractivity contribution is -0.123. The van der Waals surface area contributed by atoms with Crippen LogP contribution in [-0.2, 0) is 4.79 Å². The van der Waals surface area contributed by atoms with Crippen molar-refractivity contribution in [2.24, 2.45) is 0 Å². The topological polar surface area (TPSA) is 50.4 Å². The fourth-order valence-electron chi connectivity index (χ4n) is 1.57. The Bertz CT molecular complexity index is 379. The van der Waals surface area contributed by atoms with Gasteiger partial charge in [-0.2, -0.15) is 0 Å². The van der Waals surface area contributed by atoms with Crippen LogP contribution < -0.4 is 15.4 Å². The summed E-state index contributed by atoms with van der Waals surface area (Å²) in [5.41, 5.74) is 0.978. The highest BCUT2D eigenvalue weighted by atomic mass is 16.5. The third-order valence-electron chi connectivity index (χ3n) is 2.79. The second-order valence-electron chi connectivity index (χ2n) is 3.98. The van der Waals surface area contributed by atoms with E-state index < -0.39 is 0 Å². The normalized spacial score (nSPS) is 13.9. The molecule has 0 saturated carbocycles. The van der Waals surface area contributed by atoms with Gasteiger partial charge in [0.2, 0.25) is 5.91 Å². The zero-order chi connectivity index (χ0) is 12.8. The van der Waals surface area contributed by atoms with Crippen molar-refractivity contribution in [3.05, 3.63) is 29.8 Å². The van der Waals surface area contributed by atoms with Gasteiger partial charge in [-0.15, -0.1) is 0 Å². The fraction of sp³-hybridized carbons (Fsp3) is 0.462. The number of likely N-dealkylation sites (N-methyl/N-ethyl adjacent to an activating group) is 1. The molecule has 0 radical (unpaired) electrons. The Morgan fingerprint density at radius 2 is 1.94 bits per heavy atom. The first-order valence-corrected chi connectivity index (χ1v) is 5.70. The number of para-hydroxylation sites is 1. The predicted octanol–water partition coefficient (Wildman–Crippen LogP) is 1.48. The highest BCUT2D eigenvalue weighted by Crippen LogP contribution is 2.24. The lowest BCUT2D eigenvalue weighted by atomic mass is 10.1. The van der Waals surface area contributed by atoms with Crippen molar-refractivity contribution in [2.45, 2.75) is 25.9 Å². The highest BCUT2D eigenvalue weighted by Gasteiger charge is 2.16. The number of hydrogen-bond donors (Lipinski definition) is 2. The van der Waals surface area contributed by atoms with Gasteiger partial charge in [-0.25, -0.2) is 0 Å². The zero-order valence-corrected chi connectivity index (χ0v) is 10.8. The largest absolute Gasteiger partial charge is 0.496 e. The Morgan fingerprint density at radius 1 is 1.29 bits per heavy atom. The van der Waals surface area contributed by atoms with Crippen LogP contribution in [0, 0.1) is 0 Å². The minimum atomic E-state index is -0.202. The molecule has 2 N–H and O–H groups in total. The Balaban J connectivity index is 2.76. The van der Waals surface area contributed by atoms with Crippen LogP contribution >= 0.6 is 0 Å². The summed E-state index contributed by atoms with van der Waals surface area (Å²) < 4.78 is 5.27. The summed E-state index contributed by atoms with van der Waals surface area (Å²) in [5, 5.41) is 5.85. The van der Waals surface area contributed by atoms with Gasteiger partial charge < -0.3 is 15.4 Å². The van der Waals surface area contributed by atoms with Gasteiger partial charge in [0.25, 0.3) is 0 Å². The van der Waals surface area contributed by atoms with Gasteiger partial charge in [0.1, 0.15) is 5.75 Å². The third kappa shape index (κ3) is 3.46. The summed E-state index contributed by atoms with van der Waals surface area (Å²) in [5.74, 6) is 0.767. The van der Waals surface area contributed by atoms with E-state index in [1.54, 1.807) is 14.2 Å². The van der Waals surface area contributed by atoms with Crippen molar-refractivity contribution in [1.29, 1.82) is 0 Å². The molecule has 0 aliphatic heterocycles. The maximum atomic E-state index is 11.7. The second kappa shape index (κ2) is 6.25. The van der Waals surface area contributed by atoms with E-state index in [4.69, 9.17) is 4.74 Å². The molecule has 1 aromatic carbocycles. The summed E-state index contributed by atoms with van der Waals surface area (Å²) in [6, 6.07) is 7.41. The highest BCUT2D eigenvalue weighted by molar-refractivity contribution is 5.81. The van der Waals surface area contributed by atoms with E-state index in [9.17, 15) is 4.79 Å². The van der Waals surface area contributed by atoms with Crippen LogP contribution in [0.4, 0.5) is 0 Å². The Kier molecular flexibility index (Phi) is 4.97. The molecule has 4 heteroatoms. The molecule has 0 aliphatic rings. The molecule has 94 valence electrons. The number of nitrogens with one attached hydrogen (secondary N) is 2. The molecule has 0 spiro atoms.